The van der Waals surface area contributed by atoms with Gasteiger partial charge in [-0.2, -0.15) is 0 Å². The van der Waals surface area contributed by atoms with Crippen LogP contribution in [0.3, 0.4) is 0 Å². The fourth-order valence-electron chi connectivity index (χ4n) is 3.47. The first-order valence-electron chi connectivity index (χ1n) is 10.8. The number of phenols is 1. The molecule has 1 aromatic heterocycles. The molecule has 0 saturated carbocycles. The van der Waals surface area contributed by atoms with E-state index in [-0.39, 0.29) is 11.5 Å². The van der Waals surface area contributed by atoms with Crippen LogP contribution in [0.15, 0.2) is 77.3 Å². The first-order valence-corrected chi connectivity index (χ1v) is 10.8. The monoisotopic (exact) mass is 458 g/mol. The number of ketones is 1. The Morgan fingerprint density at radius 3 is 2.35 bits per heavy atom. The number of hydrogen-bond donors (Lipinski definition) is 1. The van der Waals surface area contributed by atoms with Crippen molar-refractivity contribution in [3.63, 3.8) is 0 Å². The van der Waals surface area contributed by atoms with Gasteiger partial charge in [0.05, 0.1) is 12.7 Å². The molecule has 34 heavy (non-hydrogen) atoms. The number of aromatic hydroxyl groups is 1. The number of rotatable bonds is 9. The number of carbonyl (C=O) groups is 1. The number of phenolic OH excluding ortho intramolecular Hbond substituents is 1. The largest absolute Gasteiger partial charge is 0.508 e. The third-order valence-electron chi connectivity index (χ3n) is 5.32. The molecule has 4 aromatic rings. The lowest BCUT2D eigenvalue weighted by Gasteiger charge is -2.12. The molecular formula is C27H26N2O5. The molecule has 0 spiro atoms. The Balaban J connectivity index is 1.76. The second kappa shape index (κ2) is 10.2. The van der Waals surface area contributed by atoms with Crippen LogP contribution in [0.4, 0.5) is 0 Å². The van der Waals surface area contributed by atoms with Crippen molar-refractivity contribution in [1.29, 1.82) is 0 Å². The molecule has 1 heterocycles. The maximum Gasteiger partial charge on any atom is 0.199 e. The summed E-state index contributed by atoms with van der Waals surface area (Å²) in [6.07, 6.45) is 0. The third-order valence-corrected chi connectivity index (χ3v) is 5.32. The summed E-state index contributed by atoms with van der Waals surface area (Å²) in [5.74, 6) is 1.54. The normalized spacial score (nSPS) is 10.9. The topological polar surface area (TPSA) is 85.0 Å². The van der Waals surface area contributed by atoms with Gasteiger partial charge in [-0.15, -0.1) is 0 Å². The predicted octanol–water partition coefficient (Wildman–Crippen LogP) is 4.89. The van der Waals surface area contributed by atoms with E-state index in [0.29, 0.717) is 51.8 Å². The van der Waals surface area contributed by atoms with E-state index in [9.17, 15) is 9.90 Å². The number of likely N-dealkylation sites (N-methyl/N-ethyl adjacent to an activating group) is 1. The van der Waals surface area contributed by atoms with Crippen LogP contribution in [0.5, 0.6) is 17.2 Å². The Morgan fingerprint density at radius 2 is 1.68 bits per heavy atom. The molecule has 0 radical (unpaired) electrons. The number of ether oxygens (including phenoxy) is 2. The van der Waals surface area contributed by atoms with Crippen molar-refractivity contribution in [2.75, 3.05) is 34.4 Å². The molecule has 0 aliphatic carbocycles. The van der Waals surface area contributed by atoms with Crippen LogP contribution < -0.4 is 9.47 Å². The standard InChI is InChI=1S/C27H26N2O5/c1-29(2)15-16-33-23-6-4-5-20(17-23)26(31)24-25(18-7-11-21(30)12-8-18)28-34-27(24)19-9-13-22(32-3)14-10-19/h4-14,17,30H,15-16H2,1-3H3. The van der Waals surface area contributed by atoms with Crippen LogP contribution in [0.25, 0.3) is 22.6 Å². The number of methoxy groups -OCH3 is 1. The molecule has 1 N–H and O–H groups in total. The van der Waals surface area contributed by atoms with E-state index in [0.717, 1.165) is 6.54 Å². The lowest BCUT2D eigenvalue weighted by atomic mass is 9.95. The summed E-state index contributed by atoms with van der Waals surface area (Å²) in [6, 6.07) is 20.8. The summed E-state index contributed by atoms with van der Waals surface area (Å²) in [7, 11) is 5.54. The minimum Gasteiger partial charge on any atom is -0.508 e. The molecular weight excluding hydrogens is 432 g/mol. The number of carbonyl (C=O) groups excluding carboxylic acids is 1. The molecule has 3 aromatic carbocycles. The molecule has 7 nitrogen and oxygen atoms in total. The molecule has 4 rings (SSSR count). The maximum atomic E-state index is 13.8. The first-order chi connectivity index (χ1) is 16.5. The molecule has 0 unspecified atom stereocenters. The molecule has 0 fully saturated rings. The molecule has 0 saturated heterocycles. The van der Waals surface area contributed by atoms with Gasteiger partial charge in [0.2, 0.25) is 0 Å². The SMILES string of the molecule is COc1ccc(-c2onc(-c3ccc(O)cc3)c2C(=O)c2cccc(OCCN(C)C)c2)cc1. The molecule has 0 bridgehead atoms. The van der Waals surface area contributed by atoms with Gasteiger partial charge in [-0.3, -0.25) is 4.79 Å². The van der Waals surface area contributed by atoms with Gasteiger partial charge in [0.25, 0.3) is 0 Å². The van der Waals surface area contributed by atoms with Gasteiger partial charge >= 0.3 is 0 Å². The Hall–Kier alpha value is -4.10. The van der Waals surface area contributed by atoms with Gasteiger partial charge < -0.3 is 24.0 Å². The van der Waals surface area contributed by atoms with Gasteiger partial charge in [0.15, 0.2) is 11.5 Å². The average molecular weight is 459 g/mol. The Morgan fingerprint density at radius 1 is 0.971 bits per heavy atom. The lowest BCUT2D eigenvalue weighted by Crippen LogP contribution is -2.19. The molecule has 0 aliphatic heterocycles. The quantitative estimate of drug-likeness (QED) is 0.357. The van der Waals surface area contributed by atoms with Crippen LogP contribution >= 0.6 is 0 Å². The predicted molar refractivity (Wildman–Crippen MR) is 130 cm³/mol. The number of aromatic nitrogens is 1. The van der Waals surface area contributed by atoms with Crippen LogP contribution in [0, 0.1) is 0 Å². The van der Waals surface area contributed by atoms with Crippen LogP contribution in [0.1, 0.15) is 15.9 Å². The van der Waals surface area contributed by atoms with E-state index in [1.807, 2.05) is 37.2 Å². The van der Waals surface area contributed by atoms with Gasteiger partial charge in [-0.05, 0) is 74.8 Å². The van der Waals surface area contributed by atoms with Crippen molar-refractivity contribution in [2.45, 2.75) is 0 Å². The highest BCUT2D eigenvalue weighted by Crippen LogP contribution is 2.35. The summed E-state index contributed by atoms with van der Waals surface area (Å²) in [4.78, 5) is 15.8. The summed E-state index contributed by atoms with van der Waals surface area (Å²) in [5, 5.41) is 13.9. The van der Waals surface area contributed by atoms with E-state index in [1.165, 1.54) is 0 Å². The minimum absolute atomic E-state index is 0.123. The van der Waals surface area contributed by atoms with Crippen molar-refractivity contribution in [3.05, 3.63) is 83.9 Å². The number of benzene rings is 3. The van der Waals surface area contributed by atoms with Gasteiger partial charge in [-0.25, -0.2) is 0 Å². The summed E-state index contributed by atoms with van der Waals surface area (Å²) < 4.78 is 16.8. The molecule has 0 amide bonds. The summed E-state index contributed by atoms with van der Waals surface area (Å²) >= 11 is 0. The van der Waals surface area contributed by atoms with Gasteiger partial charge in [0, 0.05) is 23.2 Å². The van der Waals surface area contributed by atoms with E-state index in [1.54, 1.807) is 61.7 Å². The second-order valence-electron chi connectivity index (χ2n) is 8.02. The number of nitrogens with zero attached hydrogens (tertiary/aromatic N) is 2. The highest BCUT2D eigenvalue weighted by molar-refractivity contribution is 6.15. The van der Waals surface area contributed by atoms with E-state index < -0.39 is 0 Å². The van der Waals surface area contributed by atoms with E-state index in [2.05, 4.69) is 5.16 Å². The molecule has 174 valence electrons. The van der Waals surface area contributed by atoms with Gasteiger partial charge in [-0.1, -0.05) is 17.3 Å². The van der Waals surface area contributed by atoms with Crippen LogP contribution in [-0.4, -0.2) is 55.3 Å². The second-order valence-corrected chi connectivity index (χ2v) is 8.02. The van der Waals surface area contributed by atoms with Crippen molar-refractivity contribution >= 4 is 5.78 Å². The Labute approximate surface area is 198 Å². The van der Waals surface area contributed by atoms with E-state index in [4.69, 9.17) is 14.0 Å². The van der Waals surface area contributed by atoms with Crippen molar-refractivity contribution in [2.24, 2.45) is 0 Å². The van der Waals surface area contributed by atoms with Crippen molar-refractivity contribution < 1.29 is 23.9 Å². The summed E-state index contributed by atoms with van der Waals surface area (Å²) in [5.41, 5.74) is 2.54. The first kappa shape index (κ1) is 23.1. The van der Waals surface area contributed by atoms with Gasteiger partial charge in [0.1, 0.15) is 29.5 Å². The Kier molecular flexibility index (Phi) is 6.94. The van der Waals surface area contributed by atoms with Crippen molar-refractivity contribution in [1.82, 2.24) is 10.1 Å². The average Bonchev–Trinajstić information content (AvgIpc) is 3.29. The highest BCUT2D eigenvalue weighted by Gasteiger charge is 2.26. The van der Waals surface area contributed by atoms with Crippen LogP contribution in [0.2, 0.25) is 0 Å². The van der Waals surface area contributed by atoms with E-state index >= 15 is 0 Å². The third kappa shape index (κ3) is 5.10. The Bertz CT molecular complexity index is 1260. The summed E-state index contributed by atoms with van der Waals surface area (Å²) in [6.45, 7) is 1.27. The molecule has 0 atom stereocenters. The minimum atomic E-state index is -0.242. The smallest absolute Gasteiger partial charge is 0.199 e. The fraction of sp³-hybridized carbons (Fsp3) is 0.185. The lowest BCUT2D eigenvalue weighted by molar-refractivity contribution is 0.103. The molecule has 0 aliphatic rings. The zero-order chi connectivity index (χ0) is 24.1. The molecule has 7 heteroatoms. The zero-order valence-corrected chi connectivity index (χ0v) is 19.3. The zero-order valence-electron chi connectivity index (χ0n) is 19.3. The highest BCUT2D eigenvalue weighted by atomic mass is 16.5. The fourth-order valence-corrected chi connectivity index (χ4v) is 3.47. The van der Waals surface area contributed by atoms with Crippen molar-refractivity contribution in [3.8, 4) is 39.8 Å². The number of hydrogen-bond acceptors (Lipinski definition) is 7. The maximum absolute atomic E-state index is 13.8. The van der Waals surface area contributed by atoms with Crippen LogP contribution in [-0.2, 0) is 0 Å².